The molecule has 22 heavy (non-hydrogen) atoms. The predicted octanol–water partition coefficient (Wildman–Crippen LogP) is 4.84. The number of rotatable bonds is 2. The van der Waals surface area contributed by atoms with Crippen molar-refractivity contribution in [3.63, 3.8) is 0 Å². The molecule has 1 nitrogen and oxygen atoms in total. The van der Waals surface area contributed by atoms with E-state index < -0.39 is 0 Å². The van der Waals surface area contributed by atoms with Gasteiger partial charge in [0.25, 0.3) is 0 Å². The molecule has 8 bridgehead atoms. The summed E-state index contributed by atoms with van der Waals surface area (Å²) in [5.74, 6) is 7.69. The lowest BCUT2D eigenvalue weighted by atomic mass is 9.44. The first-order valence-electron chi connectivity index (χ1n) is 10.2. The van der Waals surface area contributed by atoms with Crippen molar-refractivity contribution in [1.82, 2.24) is 0 Å². The van der Waals surface area contributed by atoms with Gasteiger partial charge in [0.05, 0.1) is 0 Å². The molecule has 0 aromatic carbocycles. The maximum absolute atomic E-state index is 13.8. The van der Waals surface area contributed by atoms with Gasteiger partial charge in [-0.25, -0.2) is 0 Å². The smallest absolute Gasteiger partial charge is 0.142 e. The molecule has 120 valence electrons. The Balaban J connectivity index is 1.33. The molecule has 0 saturated heterocycles. The van der Waals surface area contributed by atoms with Crippen LogP contribution in [-0.4, -0.2) is 5.78 Å². The zero-order valence-corrected chi connectivity index (χ0v) is 13.8. The van der Waals surface area contributed by atoms with E-state index in [1.165, 1.54) is 70.6 Å². The molecule has 0 unspecified atom stereocenters. The van der Waals surface area contributed by atoms with Gasteiger partial charge in [-0.2, -0.15) is 0 Å². The van der Waals surface area contributed by atoms with Crippen LogP contribution in [-0.2, 0) is 4.79 Å². The van der Waals surface area contributed by atoms with E-state index >= 15 is 0 Å². The summed E-state index contributed by atoms with van der Waals surface area (Å²) in [5, 5.41) is 0. The minimum absolute atomic E-state index is 0.175. The number of carbonyl (C=O) groups is 1. The lowest BCUT2D eigenvalue weighted by Crippen LogP contribution is -2.56. The highest BCUT2D eigenvalue weighted by Gasteiger charge is 2.59. The zero-order chi connectivity index (χ0) is 14.5. The Morgan fingerprint density at radius 1 is 0.591 bits per heavy atom. The summed E-state index contributed by atoms with van der Waals surface area (Å²) in [7, 11) is 0. The van der Waals surface area contributed by atoms with Gasteiger partial charge in [0.15, 0.2) is 0 Å². The van der Waals surface area contributed by atoms with Gasteiger partial charge in [-0.05, 0) is 112 Å². The van der Waals surface area contributed by atoms with Gasteiger partial charge in [-0.15, -0.1) is 0 Å². The van der Waals surface area contributed by atoms with Crippen molar-refractivity contribution < 1.29 is 4.79 Å². The normalized spacial score (nSPS) is 60.9. The van der Waals surface area contributed by atoms with Crippen LogP contribution in [0.5, 0.6) is 0 Å². The molecule has 0 aromatic rings. The lowest BCUT2D eigenvalue weighted by molar-refractivity contribution is -0.160. The van der Waals surface area contributed by atoms with Crippen LogP contribution in [0.3, 0.4) is 0 Å². The molecule has 0 radical (unpaired) electrons. The molecule has 8 aliphatic carbocycles. The second-order valence-electron chi connectivity index (χ2n) is 10.5. The van der Waals surface area contributed by atoms with Crippen molar-refractivity contribution in [2.45, 2.75) is 70.6 Å². The van der Waals surface area contributed by atoms with E-state index in [-0.39, 0.29) is 5.41 Å². The van der Waals surface area contributed by atoms with Crippen LogP contribution in [0.4, 0.5) is 0 Å². The summed E-state index contributed by atoms with van der Waals surface area (Å²) in [6.07, 6.45) is 15.4. The Kier molecular flexibility index (Phi) is 2.48. The standard InChI is InChI=1S/C21H30O/c22-20(19-17-5-12-1-13(7-17)8-18(19)6-12)21-9-14-2-15(10-21)4-16(3-14)11-21/h12-19H,1-11H2. The number of hydrogen-bond donors (Lipinski definition) is 0. The largest absolute Gasteiger partial charge is 0.299 e. The molecule has 0 N–H and O–H groups in total. The van der Waals surface area contributed by atoms with E-state index in [0.29, 0.717) is 5.92 Å². The molecular weight excluding hydrogens is 268 g/mol. The topological polar surface area (TPSA) is 17.1 Å². The van der Waals surface area contributed by atoms with E-state index in [0.717, 1.165) is 47.2 Å². The second kappa shape index (κ2) is 4.19. The molecule has 8 saturated carbocycles. The molecule has 0 atom stereocenters. The Bertz CT molecular complexity index is 455. The van der Waals surface area contributed by atoms with Crippen molar-refractivity contribution >= 4 is 5.78 Å². The summed E-state index contributed by atoms with van der Waals surface area (Å²) in [4.78, 5) is 13.8. The minimum atomic E-state index is 0.175. The predicted molar refractivity (Wildman–Crippen MR) is 86.1 cm³/mol. The monoisotopic (exact) mass is 298 g/mol. The molecule has 8 aliphatic rings. The average Bonchev–Trinajstić information content (AvgIpc) is 2.44. The molecule has 0 spiro atoms. The summed E-state index contributed by atoms with van der Waals surface area (Å²) < 4.78 is 0. The van der Waals surface area contributed by atoms with Crippen molar-refractivity contribution in [1.29, 1.82) is 0 Å². The summed E-state index contributed by atoms with van der Waals surface area (Å²) in [6, 6.07) is 0. The van der Waals surface area contributed by atoms with Crippen LogP contribution in [0, 0.1) is 52.8 Å². The van der Waals surface area contributed by atoms with Crippen molar-refractivity contribution in [2.24, 2.45) is 52.8 Å². The van der Waals surface area contributed by atoms with Gasteiger partial charge < -0.3 is 0 Å². The highest BCUT2D eigenvalue weighted by atomic mass is 16.1. The fourth-order valence-electron chi connectivity index (χ4n) is 9.12. The third kappa shape index (κ3) is 1.64. The average molecular weight is 298 g/mol. The first kappa shape index (κ1) is 13.0. The maximum atomic E-state index is 13.8. The minimum Gasteiger partial charge on any atom is -0.299 e. The maximum Gasteiger partial charge on any atom is 0.142 e. The number of ketones is 1. The number of carbonyl (C=O) groups excluding carboxylic acids is 1. The summed E-state index contributed by atoms with van der Waals surface area (Å²) in [5.41, 5.74) is 0.175. The van der Waals surface area contributed by atoms with E-state index in [2.05, 4.69) is 0 Å². The van der Waals surface area contributed by atoms with Gasteiger partial charge in [0.1, 0.15) is 5.78 Å². The third-order valence-corrected chi connectivity index (χ3v) is 9.09. The fraction of sp³-hybridized carbons (Fsp3) is 0.952. The van der Waals surface area contributed by atoms with Gasteiger partial charge in [0, 0.05) is 11.3 Å². The first-order valence-corrected chi connectivity index (χ1v) is 10.2. The van der Waals surface area contributed by atoms with Gasteiger partial charge in [-0.1, -0.05) is 0 Å². The molecule has 1 heteroatoms. The lowest BCUT2D eigenvalue weighted by Gasteiger charge is -2.60. The number of Topliss-reactive ketones (excluding diaryl/α,β-unsaturated/α-hetero) is 1. The highest BCUT2D eigenvalue weighted by molar-refractivity contribution is 5.88. The van der Waals surface area contributed by atoms with Gasteiger partial charge in [-0.3, -0.25) is 4.79 Å². The molecule has 0 aliphatic heterocycles. The Hall–Kier alpha value is -0.330. The Morgan fingerprint density at radius 2 is 1.00 bits per heavy atom. The van der Waals surface area contributed by atoms with Gasteiger partial charge >= 0.3 is 0 Å². The van der Waals surface area contributed by atoms with Crippen LogP contribution in [0.25, 0.3) is 0 Å². The van der Waals surface area contributed by atoms with Crippen LogP contribution in [0.15, 0.2) is 0 Å². The number of hydrogen-bond acceptors (Lipinski definition) is 1. The fourth-order valence-corrected chi connectivity index (χ4v) is 9.12. The third-order valence-electron chi connectivity index (χ3n) is 9.09. The van der Waals surface area contributed by atoms with Crippen molar-refractivity contribution in [2.75, 3.05) is 0 Å². The summed E-state index contributed by atoms with van der Waals surface area (Å²) in [6.45, 7) is 0. The molecule has 0 amide bonds. The quantitative estimate of drug-likeness (QED) is 0.712. The molecule has 0 aromatic heterocycles. The van der Waals surface area contributed by atoms with Crippen molar-refractivity contribution in [3.8, 4) is 0 Å². The van der Waals surface area contributed by atoms with E-state index in [4.69, 9.17) is 0 Å². The molecule has 0 heterocycles. The van der Waals surface area contributed by atoms with E-state index in [1.807, 2.05) is 0 Å². The first-order chi connectivity index (χ1) is 10.7. The van der Waals surface area contributed by atoms with Gasteiger partial charge in [0.2, 0.25) is 0 Å². The van der Waals surface area contributed by atoms with Crippen LogP contribution in [0.1, 0.15) is 70.6 Å². The summed E-state index contributed by atoms with van der Waals surface area (Å²) >= 11 is 0. The SMILES string of the molecule is O=C(C1C2CC3CC(C2)CC1C3)C12CC3CC(CC(C3)C1)C2. The second-order valence-corrected chi connectivity index (χ2v) is 10.5. The molecular formula is C21H30O. The van der Waals surface area contributed by atoms with E-state index in [1.54, 1.807) is 0 Å². The zero-order valence-electron chi connectivity index (χ0n) is 13.8. The molecule has 8 fully saturated rings. The van der Waals surface area contributed by atoms with Crippen LogP contribution < -0.4 is 0 Å². The Labute approximate surface area is 134 Å². The van der Waals surface area contributed by atoms with Crippen molar-refractivity contribution in [3.05, 3.63) is 0 Å². The molecule has 8 rings (SSSR count). The van der Waals surface area contributed by atoms with E-state index in [9.17, 15) is 4.79 Å². The van der Waals surface area contributed by atoms with Crippen LogP contribution in [0.2, 0.25) is 0 Å². The van der Waals surface area contributed by atoms with Crippen LogP contribution >= 0.6 is 0 Å². The Morgan fingerprint density at radius 3 is 1.45 bits per heavy atom. The highest BCUT2D eigenvalue weighted by Crippen LogP contribution is 2.64.